The van der Waals surface area contributed by atoms with Crippen molar-refractivity contribution in [3.8, 4) is 5.75 Å². The lowest BCUT2D eigenvalue weighted by atomic mass is 10.0. The molecular formula is C34H50N2O10S. The Balaban J connectivity index is 1.71. The van der Waals surface area contributed by atoms with Gasteiger partial charge >= 0.3 is 0 Å². The molecule has 1 unspecified atom stereocenters. The minimum absolute atomic E-state index is 0.0694. The molecule has 3 rings (SSSR count). The lowest BCUT2D eigenvalue weighted by Gasteiger charge is -2.21. The fraction of sp³-hybridized carbons (Fsp3) is 0.618. The van der Waals surface area contributed by atoms with Gasteiger partial charge in [0.25, 0.3) is 21.6 Å². The van der Waals surface area contributed by atoms with Gasteiger partial charge in [0, 0.05) is 38.6 Å². The molecule has 0 bridgehead atoms. The summed E-state index contributed by atoms with van der Waals surface area (Å²) in [5, 5.41) is 11.0. The van der Waals surface area contributed by atoms with Crippen molar-refractivity contribution < 1.29 is 41.8 Å². The Morgan fingerprint density at radius 3 is 2.19 bits per heavy atom. The van der Waals surface area contributed by atoms with Crippen molar-refractivity contribution in [3.05, 3.63) is 63.7 Å². The Kier molecular flexibility index (Phi) is 17.7. The first-order valence-electron chi connectivity index (χ1n) is 16.7. The number of hydrogen-bond donors (Lipinski definition) is 1. The summed E-state index contributed by atoms with van der Waals surface area (Å²) >= 11 is 0. The first-order valence-corrected chi connectivity index (χ1v) is 18.2. The van der Waals surface area contributed by atoms with Gasteiger partial charge in [-0.3, -0.25) is 14.9 Å². The molecule has 0 aromatic heterocycles. The molecule has 1 aliphatic heterocycles. The van der Waals surface area contributed by atoms with E-state index in [0.717, 1.165) is 61.9 Å². The van der Waals surface area contributed by atoms with Crippen LogP contribution in [0.25, 0.3) is 0 Å². The van der Waals surface area contributed by atoms with Crippen LogP contribution in [0.2, 0.25) is 0 Å². The summed E-state index contributed by atoms with van der Waals surface area (Å²) in [6.45, 7) is 5.63. The summed E-state index contributed by atoms with van der Waals surface area (Å²) in [5.74, 6) is -0.655. The zero-order chi connectivity index (χ0) is 33.7. The smallest absolute Gasteiger partial charge is 0.269 e. The van der Waals surface area contributed by atoms with Crippen molar-refractivity contribution in [2.45, 2.75) is 88.6 Å². The molecule has 1 amide bonds. The van der Waals surface area contributed by atoms with Crippen molar-refractivity contribution in [1.29, 1.82) is 0 Å². The monoisotopic (exact) mass is 678 g/mol. The Bertz CT molecular complexity index is 1310. The van der Waals surface area contributed by atoms with Crippen LogP contribution in [0, 0.1) is 10.1 Å². The molecule has 13 heteroatoms. The van der Waals surface area contributed by atoms with E-state index >= 15 is 0 Å². The molecular weight excluding hydrogens is 628 g/mol. The molecule has 2 aromatic rings. The molecule has 0 radical (unpaired) electrons. The number of unbranched alkanes of at least 4 members (excludes halogenated alkanes) is 7. The van der Waals surface area contributed by atoms with Crippen LogP contribution in [0.5, 0.6) is 5.75 Å². The van der Waals surface area contributed by atoms with Crippen molar-refractivity contribution in [2.24, 2.45) is 0 Å². The van der Waals surface area contributed by atoms with Gasteiger partial charge in [0.15, 0.2) is 0 Å². The molecule has 0 aliphatic carbocycles. The van der Waals surface area contributed by atoms with Gasteiger partial charge in [-0.2, -0.15) is 0 Å². The molecule has 2 aromatic carbocycles. The van der Waals surface area contributed by atoms with Gasteiger partial charge in [-0.15, -0.1) is 0 Å². The zero-order valence-corrected chi connectivity index (χ0v) is 28.3. The quantitative estimate of drug-likeness (QED) is 0.127. The largest absolute Gasteiger partial charge is 0.490 e. The SMILES string of the molecule is CCCCCCCCCCc1ccc(OCC2COCCCOCCOCCCO2)c(C(=O)NS(=O)(=O)c2ccc([N+](=O)[O-])cc2)c1. The molecule has 12 nitrogen and oxygen atoms in total. The normalized spacial score (nSPS) is 17.0. The van der Waals surface area contributed by atoms with E-state index in [2.05, 4.69) is 11.6 Å². The average molecular weight is 679 g/mol. The number of amides is 1. The molecule has 47 heavy (non-hydrogen) atoms. The Hall–Kier alpha value is -3.10. The highest BCUT2D eigenvalue weighted by Gasteiger charge is 2.23. The number of ether oxygens (including phenoxy) is 5. The summed E-state index contributed by atoms with van der Waals surface area (Å²) in [5.41, 5.74) is 0.699. The van der Waals surface area contributed by atoms with E-state index in [1.54, 1.807) is 12.1 Å². The number of nitrogens with zero attached hydrogens (tertiary/aromatic N) is 1. The highest BCUT2D eigenvalue weighted by molar-refractivity contribution is 7.90. The second kappa shape index (κ2) is 21.7. The molecule has 0 saturated carbocycles. The van der Waals surface area contributed by atoms with Crippen LogP contribution in [-0.4, -0.2) is 78.2 Å². The number of carbonyl (C=O) groups is 1. The number of benzene rings is 2. The predicted molar refractivity (Wildman–Crippen MR) is 177 cm³/mol. The summed E-state index contributed by atoms with van der Waals surface area (Å²) in [6, 6.07) is 9.57. The number of nitrogens with one attached hydrogen (secondary N) is 1. The maximum atomic E-state index is 13.5. The van der Waals surface area contributed by atoms with E-state index in [1.165, 1.54) is 32.1 Å². The molecule has 262 valence electrons. The van der Waals surface area contributed by atoms with Crippen molar-refractivity contribution >= 4 is 21.6 Å². The average Bonchev–Trinajstić information content (AvgIpc) is 3.06. The third-order valence-electron chi connectivity index (χ3n) is 7.66. The van der Waals surface area contributed by atoms with E-state index in [9.17, 15) is 23.3 Å². The number of nitro benzene ring substituents is 1. The Morgan fingerprint density at radius 2 is 1.51 bits per heavy atom. The lowest BCUT2D eigenvalue weighted by Crippen LogP contribution is -2.32. The van der Waals surface area contributed by atoms with Crippen molar-refractivity contribution in [2.75, 3.05) is 52.9 Å². The molecule has 1 fully saturated rings. The van der Waals surface area contributed by atoms with Gasteiger partial charge in [0.05, 0.1) is 35.2 Å². The van der Waals surface area contributed by atoms with Crippen LogP contribution >= 0.6 is 0 Å². The third-order valence-corrected chi connectivity index (χ3v) is 9.00. The Labute approximate surface area is 278 Å². The van der Waals surface area contributed by atoms with Crippen LogP contribution in [0.15, 0.2) is 47.4 Å². The van der Waals surface area contributed by atoms with Gasteiger partial charge < -0.3 is 23.7 Å². The molecule has 1 atom stereocenters. The highest BCUT2D eigenvalue weighted by atomic mass is 32.2. The topological polar surface area (TPSA) is 153 Å². The maximum absolute atomic E-state index is 13.5. The molecule has 1 heterocycles. The van der Waals surface area contributed by atoms with Crippen molar-refractivity contribution in [3.63, 3.8) is 0 Å². The van der Waals surface area contributed by atoms with E-state index in [0.29, 0.717) is 46.1 Å². The third kappa shape index (κ3) is 14.7. The summed E-state index contributed by atoms with van der Waals surface area (Å²) in [4.78, 5) is 23.6. The minimum Gasteiger partial charge on any atom is -0.490 e. The second-order valence-electron chi connectivity index (χ2n) is 11.6. The summed E-state index contributed by atoms with van der Waals surface area (Å²) in [6.07, 6.45) is 11.1. The van der Waals surface area contributed by atoms with Gasteiger partial charge in [-0.25, -0.2) is 13.1 Å². The van der Waals surface area contributed by atoms with E-state index in [4.69, 9.17) is 23.7 Å². The van der Waals surface area contributed by atoms with Crippen LogP contribution in [0.1, 0.15) is 87.1 Å². The van der Waals surface area contributed by atoms with Gasteiger partial charge in [0.2, 0.25) is 0 Å². The number of carbonyl (C=O) groups excluding carboxylic acids is 1. The summed E-state index contributed by atoms with van der Waals surface area (Å²) in [7, 11) is -4.32. The number of hydrogen-bond acceptors (Lipinski definition) is 10. The minimum atomic E-state index is -4.32. The van der Waals surface area contributed by atoms with E-state index < -0.39 is 27.0 Å². The van der Waals surface area contributed by atoms with Gasteiger partial charge in [-0.1, -0.05) is 57.9 Å². The van der Waals surface area contributed by atoms with E-state index in [1.807, 2.05) is 6.07 Å². The second-order valence-corrected chi connectivity index (χ2v) is 13.2. The van der Waals surface area contributed by atoms with E-state index in [-0.39, 0.29) is 35.1 Å². The predicted octanol–water partition coefficient (Wildman–Crippen LogP) is 6.00. The molecule has 1 N–H and O–H groups in total. The van der Waals surface area contributed by atoms with Crippen LogP contribution in [0.3, 0.4) is 0 Å². The van der Waals surface area contributed by atoms with Crippen LogP contribution < -0.4 is 9.46 Å². The van der Waals surface area contributed by atoms with Gasteiger partial charge in [0.1, 0.15) is 18.5 Å². The first-order chi connectivity index (χ1) is 22.8. The standard InChI is InChI=1S/C34H50N2O10S/c1-2-3-4-5-6-7-8-9-12-28-13-18-33(46-27-30-26-44-21-10-19-42-23-24-43-20-11-22-45-30)32(25-28)34(37)35-47(40,41)31-16-14-29(15-17-31)36(38)39/h13-18,25,30H,2-12,19-24,26-27H2,1H3,(H,35,37). The number of sulfonamides is 1. The number of non-ortho nitro benzene ring substituents is 1. The maximum Gasteiger partial charge on any atom is 0.269 e. The molecule has 1 saturated heterocycles. The van der Waals surface area contributed by atoms with Crippen molar-refractivity contribution in [1.82, 2.24) is 4.72 Å². The zero-order valence-electron chi connectivity index (χ0n) is 27.5. The lowest BCUT2D eigenvalue weighted by molar-refractivity contribution is -0.384. The molecule has 0 spiro atoms. The number of rotatable bonds is 16. The number of aryl methyl sites for hydroxylation is 1. The van der Waals surface area contributed by atoms with Gasteiger partial charge in [-0.05, 0) is 55.5 Å². The number of nitro groups is 1. The van der Waals surface area contributed by atoms with Crippen LogP contribution in [-0.2, 0) is 35.4 Å². The fourth-order valence-electron chi connectivity index (χ4n) is 5.02. The Morgan fingerprint density at radius 1 is 0.872 bits per heavy atom. The summed E-state index contributed by atoms with van der Waals surface area (Å²) < 4.78 is 57.2. The van der Waals surface area contributed by atoms with Crippen LogP contribution in [0.4, 0.5) is 5.69 Å². The first kappa shape index (κ1) is 38.3. The highest BCUT2D eigenvalue weighted by Crippen LogP contribution is 2.24. The molecule has 1 aliphatic rings. The fourth-order valence-corrected chi connectivity index (χ4v) is 5.99.